The molecule has 0 radical (unpaired) electrons. The molecule has 90 valence electrons. The third kappa shape index (κ3) is 2.75. The van der Waals surface area contributed by atoms with Crippen LogP contribution < -0.4 is 10.1 Å². The molecule has 1 aliphatic heterocycles. The molecule has 17 heavy (non-hydrogen) atoms. The number of carboxylic acids is 1. The molecule has 0 aliphatic carbocycles. The topological polar surface area (TPSA) is 75.6 Å². The molecule has 1 aromatic rings. The van der Waals surface area contributed by atoms with E-state index in [0.717, 1.165) is 11.3 Å². The molecule has 0 aromatic heterocycles. The van der Waals surface area contributed by atoms with Crippen LogP contribution >= 0.6 is 0 Å². The molecule has 5 heteroatoms. The second kappa shape index (κ2) is 4.86. The zero-order valence-electron chi connectivity index (χ0n) is 9.18. The summed E-state index contributed by atoms with van der Waals surface area (Å²) in [6.45, 7) is 0.401. The van der Waals surface area contributed by atoms with E-state index in [-0.39, 0.29) is 24.8 Å². The monoisotopic (exact) mass is 235 g/mol. The molecule has 0 saturated carbocycles. The normalized spacial score (nSPS) is 17.1. The third-order valence-electron chi connectivity index (χ3n) is 2.60. The van der Waals surface area contributed by atoms with Crippen molar-refractivity contribution in [3.05, 3.63) is 29.8 Å². The molecule has 1 atom stereocenters. The van der Waals surface area contributed by atoms with Gasteiger partial charge in [-0.25, -0.2) is 0 Å². The Morgan fingerprint density at radius 2 is 2.12 bits per heavy atom. The van der Waals surface area contributed by atoms with Gasteiger partial charge < -0.3 is 15.2 Å². The smallest absolute Gasteiger partial charge is 0.303 e. The van der Waals surface area contributed by atoms with E-state index >= 15 is 0 Å². The maximum atomic E-state index is 11.5. The SMILES string of the molecule is O=C(O)CCC(=O)NC1COc2ccccc21. The van der Waals surface area contributed by atoms with Crippen molar-refractivity contribution in [2.45, 2.75) is 18.9 Å². The summed E-state index contributed by atoms with van der Waals surface area (Å²) in [5.74, 6) is -0.461. The van der Waals surface area contributed by atoms with E-state index in [9.17, 15) is 9.59 Å². The quantitative estimate of drug-likeness (QED) is 0.819. The molecule has 2 rings (SSSR count). The molecule has 0 saturated heterocycles. The number of carbonyl (C=O) groups is 2. The summed E-state index contributed by atoms with van der Waals surface area (Å²) in [5.41, 5.74) is 0.941. The van der Waals surface area contributed by atoms with E-state index in [1.54, 1.807) is 0 Å². The van der Waals surface area contributed by atoms with E-state index in [0.29, 0.717) is 6.61 Å². The fraction of sp³-hybridized carbons (Fsp3) is 0.333. The number of benzene rings is 1. The zero-order valence-corrected chi connectivity index (χ0v) is 9.18. The number of aliphatic carboxylic acids is 1. The van der Waals surface area contributed by atoms with Crippen LogP contribution in [0.4, 0.5) is 0 Å². The Bertz CT molecular complexity index is 444. The molecule has 1 aromatic carbocycles. The first-order chi connectivity index (χ1) is 8.16. The molecule has 2 N–H and O–H groups in total. The van der Waals surface area contributed by atoms with Crippen LogP contribution in [0.5, 0.6) is 5.75 Å². The summed E-state index contributed by atoms with van der Waals surface area (Å²) in [6, 6.07) is 7.31. The number of hydrogen-bond acceptors (Lipinski definition) is 3. The second-order valence-corrected chi connectivity index (χ2v) is 3.86. The van der Waals surface area contributed by atoms with Crippen molar-refractivity contribution in [1.82, 2.24) is 5.32 Å². The van der Waals surface area contributed by atoms with Crippen LogP contribution in [0.1, 0.15) is 24.4 Å². The van der Waals surface area contributed by atoms with Crippen molar-refractivity contribution in [1.29, 1.82) is 0 Å². The molecule has 0 fully saturated rings. The van der Waals surface area contributed by atoms with Gasteiger partial charge in [0.25, 0.3) is 0 Å². The lowest BCUT2D eigenvalue weighted by Gasteiger charge is -2.10. The molecule has 1 unspecified atom stereocenters. The standard InChI is InChI=1S/C12H13NO4/c14-11(5-6-12(15)16)13-9-7-17-10-4-2-1-3-8(9)10/h1-4,9H,5-7H2,(H,13,14)(H,15,16). The zero-order chi connectivity index (χ0) is 12.3. The summed E-state index contributed by atoms with van der Waals surface area (Å²) in [7, 11) is 0. The number of hydrogen-bond donors (Lipinski definition) is 2. The highest BCUT2D eigenvalue weighted by atomic mass is 16.5. The molecule has 5 nitrogen and oxygen atoms in total. The fourth-order valence-electron chi connectivity index (χ4n) is 1.77. The van der Waals surface area contributed by atoms with E-state index < -0.39 is 5.97 Å². The Balaban J connectivity index is 1.93. The van der Waals surface area contributed by atoms with Crippen LogP contribution in [0.25, 0.3) is 0 Å². The van der Waals surface area contributed by atoms with E-state index in [1.165, 1.54) is 0 Å². The lowest BCUT2D eigenvalue weighted by molar-refractivity contribution is -0.138. The van der Waals surface area contributed by atoms with Crippen LogP contribution in [0.3, 0.4) is 0 Å². The number of carboxylic acid groups (broad SMARTS) is 1. The number of amides is 1. The fourth-order valence-corrected chi connectivity index (χ4v) is 1.77. The van der Waals surface area contributed by atoms with Gasteiger partial charge in [-0.15, -0.1) is 0 Å². The van der Waals surface area contributed by atoms with Crippen molar-refractivity contribution in [3.8, 4) is 5.75 Å². The highest BCUT2D eigenvalue weighted by Gasteiger charge is 2.24. The minimum absolute atomic E-state index is 0.00595. The van der Waals surface area contributed by atoms with Gasteiger partial charge >= 0.3 is 5.97 Å². The average molecular weight is 235 g/mol. The van der Waals surface area contributed by atoms with Crippen molar-refractivity contribution < 1.29 is 19.4 Å². The molecular weight excluding hydrogens is 222 g/mol. The van der Waals surface area contributed by atoms with Crippen molar-refractivity contribution in [3.63, 3.8) is 0 Å². The van der Waals surface area contributed by atoms with Gasteiger partial charge in [-0.3, -0.25) is 9.59 Å². The van der Waals surface area contributed by atoms with E-state index in [4.69, 9.17) is 9.84 Å². The van der Waals surface area contributed by atoms with E-state index in [1.807, 2.05) is 24.3 Å². The van der Waals surface area contributed by atoms with Crippen LogP contribution in [0.15, 0.2) is 24.3 Å². The Morgan fingerprint density at radius 3 is 2.88 bits per heavy atom. The lowest BCUT2D eigenvalue weighted by Crippen LogP contribution is -2.29. The number of ether oxygens (including phenoxy) is 1. The lowest BCUT2D eigenvalue weighted by atomic mass is 10.1. The summed E-state index contributed by atoms with van der Waals surface area (Å²) in [4.78, 5) is 21.8. The Hall–Kier alpha value is -2.04. The Kier molecular flexibility index (Phi) is 3.27. The van der Waals surface area contributed by atoms with Crippen LogP contribution in [0, 0.1) is 0 Å². The number of carbonyl (C=O) groups excluding carboxylic acids is 1. The molecule has 0 spiro atoms. The molecular formula is C12H13NO4. The van der Waals surface area contributed by atoms with Crippen molar-refractivity contribution in [2.24, 2.45) is 0 Å². The van der Waals surface area contributed by atoms with Gasteiger partial charge in [-0.05, 0) is 6.07 Å². The minimum atomic E-state index is -0.969. The average Bonchev–Trinajstić information content (AvgIpc) is 2.70. The highest BCUT2D eigenvalue weighted by molar-refractivity contribution is 5.81. The van der Waals surface area contributed by atoms with Gasteiger partial charge in [0.15, 0.2) is 0 Å². The number of fused-ring (bicyclic) bond motifs is 1. The predicted octanol–water partition coefficient (Wildman–Crippen LogP) is 1.10. The summed E-state index contributed by atoms with van der Waals surface area (Å²) < 4.78 is 5.41. The van der Waals surface area contributed by atoms with Crippen LogP contribution in [0.2, 0.25) is 0 Å². The Labute approximate surface area is 98.4 Å². The van der Waals surface area contributed by atoms with Gasteiger partial charge in [-0.1, -0.05) is 18.2 Å². The van der Waals surface area contributed by atoms with Crippen molar-refractivity contribution in [2.75, 3.05) is 6.61 Å². The van der Waals surface area contributed by atoms with Gasteiger partial charge in [0.2, 0.25) is 5.91 Å². The van der Waals surface area contributed by atoms with Gasteiger partial charge in [-0.2, -0.15) is 0 Å². The first kappa shape index (κ1) is 11.4. The van der Waals surface area contributed by atoms with Gasteiger partial charge in [0.1, 0.15) is 12.4 Å². The molecule has 0 bridgehead atoms. The maximum absolute atomic E-state index is 11.5. The largest absolute Gasteiger partial charge is 0.491 e. The Morgan fingerprint density at radius 1 is 1.35 bits per heavy atom. The maximum Gasteiger partial charge on any atom is 0.303 e. The van der Waals surface area contributed by atoms with Crippen LogP contribution in [-0.2, 0) is 9.59 Å². The van der Waals surface area contributed by atoms with E-state index in [2.05, 4.69) is 5.32 Å². The molecule has 1 aliphatic rings. The summed E-state index contributed by atoms with van der Waals surface area (Å²) >= 11 is 0. The summed E-state index contributed by atoms with van der Waals surface area (Å²) in [6.07, 6.45) is -0.158. The number of nitrogens with one attached hydrogen (secondary N) is 1. The second-order valence-electron chi connectivity index (χ2n) is 3.86. The molecule has 1 heterocycles. The van der Waals surface area contributed by atoms with Gasteiger partial charge in [0, 0.05) is 12.0 Å². The highest BCUT2D eigenvalue weighted by Crippen LogP contribution is 2.31. The number of para-hydroxylation sites is 1. The first-order valence-corrected chi connectivity index (χ1v) is 5.39. The van der Waals surface area contributed by atoms with Crippen molar-refractivity contribution >= 4 is 11.9 Å². The predicted molar refractivity (Wildman–Crippen MR) is 59.7 cm³/mol. The molecule has 1 amide bonds. The van der Waals surface area contributed by atoms with Gasteiger partial charge in [0.05, 0.1) is 12.5 Å². The van der Waals surface area contributed by atoms with Crippen LogP contribution in [-0.4, -0.2) is 23.6 Å². The first-order valence-electron chi connectivity index (χ1n) is 5.39. The summed E-state index contributed by atoms with van der Waals surface area (Å²) in [5, 5.41) is 11.2. The third-order valence-corrected chi connectivity index (χ3v) is 2.60. The minimum Gasteiger partial charge on any atom is -0.491 e. The number of rotatable bonds is 4.